The molecular weight excluding hydrogens is 184 g/mol. The minimum atomic E-state index is -0.438. The first kappa shape index (κ1) is 9.99. The second-order valence-electron chi connectivity index (χ2n) is 2.56. The predicted molar refractivity (Wildman–Crippen MR) is 46.3 cm³/mol. The third-order valence-corrected chi connectivity index (χ3v) is 1.61. The van der Waals surface area contributed by atoms with E-state index in [1.165, 1.54) is 13.2 Å². The van der Waals surface area contributed by atoms with E-state index in [0.29, 0.717) is 5.69 Å². The molecule has 1 aromatic rings. The third-order valence-electron chi connectivity index (χ3n) is 1.61. The van der Waals surface area contributed by atoms with Gasteiger partial charge in [0.25, 0.3) is 0 Å². The van der Waals surface area contributed by atoms with Gasteiger partial charge >= 0.3 is 5.97 Å². The molecule has 1 rings (SSSR count). The van der Waals surface area contributed by atoms with Gasteiger partial charge in [0, 0.05) is 0 Å². The molecule has 5 nitrogen and oxygen atoms in total. The van der Waals surface area contributed by atoms with Gasteiger partial charge in [0.15, 0.2) is 5.75 Å². The van der Waals surface area contributed by atoms with E-state index in [1.807, 2.05) is 0 Å². The van der Waals surface area contributed by atoms with Crippen molar-refractivity contribution >= 4 is 5.97 Å². The van der Waals surface area contributed by atoms with Crippen molar-refractivity contribution in [2.24, 2.45) is 0 Å². The Labute approximate surface area is 80.6 Å². The summed E-state index contributed by atoms with van der Waals surface area (Å²) in [4.78, 5) is 14.6. The number of carbonyl (C=O) groups excluding carboxylic acids is 1. The number of aromatic hydroxyl groups is 1. The van der Waals surface area contributed by atoms with Gasteiger partial charge in [-0.15, -0.1) is 0 Å². The normalized spacial score (nSPS) is 9.14. The molecule has 0 aliphatic heterocycles. The van der Waals surface area contributed by atoms with E-state index in [0.717, 1.165) is 6.20 Å². The maximum absolute atomic E-state index is 10.9. The van der Waals surface area contributed by atoms with Crippen molar-refractivity contribution in [1.29, 1.82) is 5.26 Å². The van der Waals surface area contributed by atoms with Crippen LogP contribution < -0.4 is 0 Å². The number of rotatable bonds is 2. The van der Waals surface area contributed by atoms with E-state index >= 15 is 0 Å². The van der Waals surface area contributed by atoms with Crippen LogP contribution in [0.4, 0.5) is 0 Å². The number of hydrogen-bond donors (Lipinski definition) is 1. The first-order valence-corrected chi connectivity index (χ1v) is 3.82. The molecule has 0 atom stereocenters. The number of ether oxygens (including phenoxy) is 1. The maximum atomic E-state index is 10.9. The highest BCUT2D eigenvalue weighted by Gasteiger charge is 2.07. The number of methoxy groups -OCH3 is 1. The van der Waals surface area contributed by atoms with Crippen LogP contribution in [0, 0.1) is 11.3 Å². The summed E-state index contributed by atoms with van der Waals surface area (Å²) in [5, 5.41) is 17.7. The molecule has 1 heterocycles. The van der Waals surface area contributed by atoms with Gasteiger partial charge < -0.3 is 9.84 Å². The van der Waals surface area contributed by atoms with Crippen LogP contribution in [0.1, 0.15) is 11.3 Å². The Bertz CT molecular complexity index is 396. The second kappa shape index (κ2) is 4.23. The number of aromatic nitrogens is 1. The first-order valence-electron chi connectivity index (χ1n) is 3.82. The van der Waals surface area contributed by atoms with Gasteiger partial charge in [0.1, 0.15) is 6.07 Å². The Morgan fingerprint density at radius 3 is 3.07 bits per heavy atom. The fraction of sp³-hybridized carbons (Fsp3) is 0.222. The van der Waals surface area contributed by atoms with Crippen molar-refractivity contribution in [3.05, 3.63) is 23.5 Å². The molecular formula is C9H8N2O3. The molecule has 0 bridgehead atoms. The van der Waals surface area contributed by atoms with E-state index in [2.05, 4.69) is 9.72 Å². The summed E-state index contributed by atoms with van der Waals surface area (Å²) < 4.78 is 4.43. The second-order valence-corrected chi connectivity index (χ2v) is 2.56. The zero-order valence-corrected chi connectivity index (χ0v) is 7.52. The smallest absolute Gasteiger partial charge is 0.311 e. The molecule has 1 aromatic heterocycles. The Morgan fingerprint density at radius 2 is 2.50 bits per heavy atom. The molecule has 0 aliphatic carbocycles. The summed E-state index contributed by atoms with van der Waals surface area (Å²) in [5.41, 5.74) is 0.491. The van der Waals surface area contributed by atoms with Gasteiger partial charge in [-0.1, -0.05) is 0 Å². The summed E-state index contributed by atoms with van der Waals surface area (Å²) in [5.74, 6) is -0.631. The summed E-state index contributed by atoms with van der Waals surface area (Å²) in [6.07, 6.45) is 1.13. The standard InChI is InChI=1S/C9H8N2O3/c1-14-9(13)3-7-2-6(4-10)8(12)5-11-7/h2,5,12H,3H2,1H3. The molecule has 1 N–H and O–H groups in total. The molecule has 0 aromatic carbocycles. The summed E-state index contributed by atoms with van der Waals surface area (Å²) >= 11 is 0. The van der Waals surface area contributed by atoms with Gasteiger partial charge in [0.05, 0.1) is 31.0 Å². The quantitative estimate of drug-likeness (QED) is 0.684. The molecule has 0 amide bonds. The van der Waals surface area contributed by atoms with Crippen molar-refractivity contribution in [1.82, 2.24) is 4.98 Å². The molecule has 0 spiro atoms. The van der Waals surface area contributed by atoms with Crippen molar-refractivity contribution in [2.45, 2.75) is 6.42 Å². The Morgan fingerprint density at radius 1 is 1.79 bits per heavy atom. The summed E-state index contributed by atoms with van der Waals surface area (Å²) in [6.45, 7) is 0. The monoisotopic (exact) mass is 192 g/mol. The molecule has 72 valence electrons. The number of esters is 1. The van der Waals surface area contributed by atoms with E-state index in [9.17, 15) is 4.79 Å². The molecule has 0 saturated carbocycles. The van der Waals surface area contributed by atoms with Crippen LogP contribution in [0.5, 0.6) is 5.75 Å². The zero-order chi connectivity index (χ0) is 10.6. The lowest BCUT2D eigenvalue weighted by atomic mass is 10.2. The lowest BCUT2D eigenvalue weighted by Crippen LogP contribution is -2.06. The first-order chi connectivity index (χ1) is 6.67. The largest absolute Gasteiger partial charge is 0.505 e. The van der Waals surface area contributed by atoms with Crippen LogP contribution in [0.3, 0.4) is 0 Å². The third kappa shape index (κ3) is 2.20. The number of pyridine rings is 1. The number of nitriles is 1. The average molecular weight is 192 g/mol. The number of carbonyl (C=O) groups is 1. The summed E-state index contributed by atoms with van der Waals surface area (Å²) in [6, 6.07) is 3.14. The van der Waals surface area contributed by atoms with E-state index in [1.54, 1.807) is 6.07 Å². The minimum absolute atomic E-state index is 0.00847. The van der Waals surface area contributed by atoms with Crippen molar-refractivity contribution < 1.29 is 14.6 Å². The highest BCUT2D eigenvalue weighted by molar-refractivity contribution is 5.72. The van der Waals surface area contributed by atoms with Gasteiger partial charge in [-0.2, -0.15) is 5.26 Å². The molecule has 0 aliphatic rings. The minimum Gasteiger partial charge on any atom is -0.505 e. The topological polar surface area (TPSA) is 83.2 Å². The Balaban J connectivity index is 2.91. The van der Waals surface area contributed by atoms with Crippen LogP contribution >= 0.6 is 0 Å². The van der Waals surface area contributed by atoms with Gasteiger partial charge in [0.2, 0.25) is 0 Å². The molecule has 0 radical (unpaired) electrons. The van der Waals surface area contributed by atoms with Crippen LogP contribution in [-0.2, 0) is 16.0 Å². The number of hydrogen-bond acceptors (Lipinski definition) is 5. The predicted octanol–water partition coefficient (Wildman–Crippen LogP) is 0.374. The van der Waals surface area contributed by atoms with Crippen molar-refractivity contribution in [3.8, 4) is 11.8 Å². The lowest BCUT2D eigenvalue weighted by Gasteiger charge is -2.00. The van der Waals surface area contributed by atoms with Gasteiger partial charge in [-0.3, -0.25) is 9.78 Å². The Kier molecular flexibility index (Phi) is 3.02. The molecule has 14 heavy (non-hydrogen) atoms. The molecule has 0 saturated heterocycles. The average Bonchev–Trinajstić information content (AvgIpc) is 2.20. The van der Waals surface area contributed by atoms with Crippen molar-refractivity contribution in [2.75, 3.05) is 7.11 Å². The van der Waals surface area contributed by atoms with E-state index in [4.69, 9.17) is 10.4 Å². The molecule has 5 heteroatoms. The highest BCUT2D eigenvalue weighted by Crippen LogP contribution is 2.14. The van der Waals surface area contributed by atoms with E-state index < -0.39 is 5.97 Å². The van der Waals surface area contributed by atoms with Crippen LogP contribution in [0.25, 0.3) is 0 Å². The van der Waals surface area contributed by atoms with Crippen LogP contribution in [0.15, 0.2) is 12.3 Å². The highest BCUT2D eigenvalue weighted by atomic mass is 16.5. The van der Waals surface area contributed by atoms with Gasteiger partial charge in [-0.25, -0.2) is 0 Å². The Hall–Kier alpha value is -2.09. The maximum Gasteiger partial charge on any atom is 0.311 e. The fourth-order valence-electron chi connectivity index (χ4n) is 0.898. The molecule has 0 unspecified atom stereocenters. The zero-order valence-electron chi connectivity index (χ0n) is 7.52. The van der Waals surface area contributed by atoms with Crippen LogP contribution in [0.2, 0.25) is 0 Å². The summed E-state index contributed by atoms with van der Waals surface area (Å²) in [7, 11) is 1.27. The van der Waals surface area contributed by atoms with E-state index in [-0.39, 0.29) is 17.7 Å². The molecule has 0 fully saturated rings. The van der Waals surface area contributed by atoms with Gasteiger partial charge in [-0.05, 0) is 6.07 Å². The lowest BCUT2D eigenvalue weighted by molar-refractivity contribution is -0.139. The SMILES string of the molecule is COC(=O)Cc1cc(C#N)c(O)cn1. The fourth-order valence-corrected chi connectivity index (χ4v) is 0.898. The number of nitrogens with zero attached hydrogens (tertiary/aromatic N) is 2. The van der Waals surface area contributed by atoms with Crippen molar-refractivity contribution in [3.63, 3.8) is 0 Å². The van der Waals surface area contributed by atoms with Crippen LogP contribution in [-0.4, -0.2) is 23.2 Å².